The van der Waals surface area contributed by atoms with Gasteiger partial charge in [-0.15, -0.1) is 0 Å². The van der Waals surface area contributed by atoms with E-state index in [0.29, 0.717) is 48.1 Å². The summed E-state index contributed by atoms with van der Waals surface area (Å²) in [6.45, 7) is 1.11. The molecule has 3 N–H and O–H groups in total. The summed E-state index contributed by atoms with van der Waals surface area (Å²) in [5, 5.41) is 16.6. The van der Waals surface area contributed by atoms with Crippen LogP contribution in [0.5, 0.6) is 0 Å². The van der Waals surface area contributed by atoms with Gasteiger partial charge < -0.3 is 20.1 Å². The van der Waals surface area contributed by atoms with Gasteiger partial charge in [-0.1, -0.05) is 23.2 Å². The van der Waals surface area contributed by atoms with Crippen LogP contribution in [0.25, 0.3) is 0 Å². The van der Waals surface area contributed by atoms with Gasteiger partial charge in [-0.25, -0.2) is 0 Å². The van der Waals surface area contributed by atoms with E-state index in [9.17, 15) is 19.5 Å². The summed E-state index contributed by atoms with van der Waals surface area (Å²) in [6, 6.07) is 2.84. The SMILES string of the molecule is O=CCC1(O)CCN(c2cc(Cl)c(NC3CCC(=O)NC3=O)cc2Cl)CC1. The number of benzene rings is 1. The minimum atomic E-state index is -0.957. The lowest BCUT2D eigenvalue weighted by molar-refractivity contribution is -0.133. The standard InChI is InChI=1S/C18H21Cl2N3O4/c19-11-10-15(23-6-3-18(27,4-7-23)5-8-24)12(20)9-14(11)21-13-1-2-16(25)22-17(13)26/h8-10,13,21,27H,1-7H2,(H,22,25,26). The Labute approximate surface area is 167 Å². The topological polar surface area (TPSA) is 98.7 Å². The van der Waals surface area contributed by atoms with Gasteiger partial charge in [-0.2, -0.15) is 0 Å². The van der Waals surface area contributed by atoms with Crippen molar-refractivity contribution in [1.82, 2.24) is 5.32 Å². The maximum Gasteiger partial charge on any atom is 0.249 e. The Morgan fingerprint density at radius 1 is 1.26 bits per heavy atom. The number of aliphatic hydroxyl groups is 1. The van der Waals surface area contributed by atoms with Crippen molar-refractivity contribution in [3.63, 3.8) is 0 Å². The Morgan fingerprint density at radius 2 is 1.96 bits per heavy atom. The molecular formula is C18H21Cl2N3O4. The monoisotopic (exact) mass is 413 g/mol. The van der Waals surface area contributed by atoms with Crippen LogP contribution in [-0.2, 0) is 14.4 Å². The largest absolute Gasteiger partial charge is 0.389 e. The van der Waals surface area contributed by atoms with Crippen molar-refractivity contribution < 1.29 is 19.5 Å². The molecule has 7 nitrogen and oxygen atoms in total. The van der Waals surface area contributed by atoms with E-state index in [1.165, 1.54) is 0 Å². The molecule has 2 heterocycles. The second kappa shape index (κ2) is 8.04. The van der Waals surface area contributed by atoms with Gasteiger partial charge in [-0.3, -0.25) is 14.9 Å². The van der Waals surface area contributed by atoms with Crippen LogP contribution < -0.4 is 15.5 Å². The maximum atomic E-state index is 11.9. The lowest BCUT2D eigenvalue weighted by Crippen LogP contribution is -2.47. The van der Waals surface area contributed by atoms with Crippen LogP contribution in [0.1, 0.15) is 32.1 Å². The molecule has 2 amide bonds. The van der Waals surface area contributed by atoms with Crippen molar-refractivity contribution >= 4 is 52.7 Å². The van der Waals surface area contributed by atoms with Crippen LogP contribution in [0.4, 0.5) is 11.4 Å². The van der Waals surface area contributed by atoms with Gasteiger partial charge in [0.2, 0.25) is 11.8 Å². The molecule has 0 radical (unpaired) electrons. The van der Waals surface area contributed by atoms with Crippen LogP contribution in [0, 0.1) is 0 Å². The number of hydrogen-bond acceptors (Lipinski definition) is 6. The zero-order valence-electron chi connectivity index (χ0n) is 14.6. The Kier molecular flexibility index (Phi) is 5.93. The highest BCUT2D eigenvalue weighted by atomic mass is 35.5. The molecule has 0 aromatic heterocycles. The quantitative estimate of drug-likeness (QED) is 0.505. The Bertz CT molecular complexity index is 763. The van der Waals surface area contributed by atoms with Crippen LogP contribution in [0.15, 0.2) is 12.1 Å². The molecule has 3 rings (SSSR count). The number of amides is 2. The molecule has 2 aliphatic heterocycles. The lowest BCUT2D eigenvalue weighted by atomic mass is 9.88. The van der Waals surface area contributed by atoms with Crippen LogP contribution in [-0.4, -0.2) is 47.9 Å². The summed E-state index contributed by atoms with van der Waals surface area (Å²) in [6.07, 6.45) is 2.47. The normalized spacial score (nSPS) is 22.3. The van der Waals surface area contributed by atoms with E-state index in [1.807, 2.05) is 4.90 Å². The molecule has 1 atom stereocenters. The highest BCUT2D eigenvalue weighted by Crippen LogP contribution is 2.38. The third kappa shape index (κ3) is 4.54. The Balaban J connectivity index is 1.71. The molecule has 146 valence electrons. The average Bonchev–Trinajstić information content (AvgIpc) is 2.61. The number of imide groups is 1. The summed E-state index contributed by atoms with van der Waals surface area (Å²) in [4.78, 5) is 35.9. The summed E-state index contributed by atoms with van der Waals surface area (Å²) >= 11 is 12.8. The van der Waals surface area contributed by atoms with Crippen molar-refractivity contribution in [3.05, 3.63) is 22.2 Å². The van der Waals surface area contributed by atoms with Gasteiger partial charge in [0.1, 0.15) is 12.3 Å². The fourth-order valence-electron chi connectivity index (χ4n) is 3.43. The van der Waals surface area contributed by atoms with Crippen LogP contribution in [0.3, 0.4) is 0 Å². The molecule has 1 aromatic carbocycles. The summed E-state index contributed by atoms with van der Waals surface area (Å²) in [5.74, 6) is -0.662. The van der Waals surface area contributed by atoms with Gasteiger partial charge in [-0.05, 0) is 31.4 Å². The van der Waals surface area contributed by atoms with Gasteiger partial charge in [0.05, 0.1) is 27.0 Å². The molecule has 9 heteroatoms. The molecule has 1 aromatic rings. The summed E-state index contributed by atoms with van der Waals surface area (Å²) in [5.41, 5.74) is 0.306. The third-order valence-corrected chi connectivity index (χ3v) is 5.72. The third-order valence-electron chi connectivity index (χ3n) is 5.10. The first-order valence-electron chi connectivity index (χ1n) is 8.81. The predicted molar refractivity (Wildman–Crippen MR) is 103 cm³/mol. The molecule has 1 unspecified atom stereocenters. The average molecular weight is 414 g/mol. The van der Waals surface area contributed by atoms with Gasteiger partial charge in [0.15, 0.2) is 0 Å². The first-order valence-corrected chi connectivity index (χ1v) is 9.57. The molecule has 0 aliphatic carbocycles. The second-order valence-electron chi connectivity index (χ2n) is 7.01. The number of halogens is 2. The van der Waals surface area contributed by atoms with Gasteiger partial charge in [0, 0.05) is 25.9 Å². The number of anilines is 2. The smallest absolute Gasteiger partial charge is 0.249 e. The van der Waals surface area contributed by atoms with Gasteiger partial charge in [0.25, 0.3) is 0 Å². The minimum absolute atomic E-state index is 0.129. The number of rotatable bonds is 5. The Morgan fingerprint density at radius 3 is 2.59 bits per heavy atom. The van der Waals surface area contributed by atoms with Gasteiger partial charge >= 0.3 is 0 Å². The molecule has 0 bridgehead atoms. The zero-order valence-corrected chi connectivity index (χ0v) is 16.1. The van der Waals surface area contributed by atoms with Crippen molar-refractivity contribution in [2.75, 3.05) is 23.3 Å². The van der Waals surface area contributed by atoms with E-state index in [2.05, 4.69) is 10.6 Å². The second-order valence-corrected chi connectivity index (χ2v) is 7.83. The summed E-state index contributed by atoms with van der Waals surface area (Å²) < 4.78 is 0. The molecule has 2 fully saturated rings. The number of piperidine rings is 2. The molecule has 0 spiro atoms. The molecule has 27 heavy (non-hydrogen) atoms. The first kappa shape index (κ1) is 19.9. The van der Waals surface area contributed by atoms with E-state index in [-0.39, 0.29) is 24.7 Å². The number of nitrogens with zero attached hydrogens (tertiary/aromatic N) is 1. The fraction of sp³-hybridized carbons (Fsp3) is 0.500. The van der Waals surface area contributed by atoms with Crippen LogP contribution >= 0.6 is 23.2 Å². The number of nitrogens with one attached hydrogen (secondary N) is 2. The van der Waals surface area contributed by atoms with E-state index in [4.69, 9.17) is 23.2 Å². The molecule has 2 aliphatic rings. The van der Waals surface area contributed by atoms with Crippen molar-refractivity contribution in [2.45, 2.75) is 43.7 Å². The number of carbonyl (C=O) groups excluding carboxylic acids is 3. The fourth-order valence-corrected chi connectivity index (χ4v) is 3.93. The van der Waals surface area contributed by atoms with E-state index >= 15 is 0 Å². The molecule has 2 saturated heterocycles. The zero-order chi connectivity index (χ0) is 19.6. The maximum absolute atomic E-state index is 11.9. The first-order chi connectivity index (χ1) is 12.8. The highest BCUT2D eigenvalue weighted by Gasteiger charge is 2.33. The Hall–Kier alpha value is -1.83. The molecule has 0 saturated carbocycles. The molecular weight excluding hydrogens is 393 g/mol. The van der Waals surface area contributed by atoms with E-state index in [1.54, 1.807) is 12.1 Å². The lowest BCUT2D eigenvalue weighted by Gasteiger charge is -2.39. The van der Waals surface area contributed by atoms with Crippen molar-refractivity contribution in [2.24, 2.45) is 0 Å². The minimum Gasteiger partial charge on any atom is -0.389 e. The highest BCUT2D eigenvalue weighted by molar-refractivity contribution is 6.37. The van der Waals surface area contributed by atoms with E-state index in [0.717, 1.165) is 12.0 Å². The summed E-state index contributed by atoms with van der Waals surface area (Å²) in [7, 11) is 0. The van der Waals surface area contributed by atoms with Crippen molar-refractivity contribution in [1.29, 1.82) is 0 Å². The van der Waals surface area contributed by atoms with Crippen molar-refractivity contribution in [3.8, 4) is 0 Å². The predicted octanol–water partition coefficient (Wildman–Crippen LogP) is 2.13. The number of carbonyl (C=O) groups is 3. The number of aldehydes is 1. The van der Waals surface area contributed by atoms with Crippen LogP contribution in [0.2, 0.25) is 10.0 Å². The number of hydrogen-bond donors (Lipinski definition) is 3. The van der Waals surface area contributed by atoms with E-state index < -0.39 is 11.6 Å².